The Morgan fingerprint density at radius 1 is 1.30 bits per heavy atom. The highest BCUT2D eigenvalue weighted by molar-refractivity contribution is 5.77. The van der Waals surface area contributed by atoms with Gasteiger partial charge in [0.1, 0.15) is 0 Å². The van der Waals surface area contributed by atoms with Crippen molar-refractivity contribution < 1.29 is 14.6 Å². The Bertz CT molecular complexity index is 316. The van der Waals surface area contributed by atoms with Crippen LogP contribution >= 0.6 is 0 Å². The van der Waals surface area contributed by atoms with Crippen molar-refractivity contribution in [2.24, 2.45) is 5.92 Å². The van der Waals surface area contributed by atoms with Gasteiger partial charge in [-0.15, -0.1) is 0 Å². The highest BCUT2D eigenvalue weighted by Crippen LogP contribution is 2.33. The number of nitrogens with zero attached hydrogens (tertiary/aromatic N) is 1. The molecule has 2 aliphatic rings. The van der Waals surface area contributed by atoms with Crippen LogP contribution < -0.4 is 0 Å². The highest BCUT2D eigenvalue weighted by atomic mass is 16.5. The van der Waals surface area contributed by atoms with Gasteiger partial charge in [0.05, 0.1) is 18.1 Å². The van der Waals surface area contributed by atoms with E-state index in [1.807, 2.05) is 4.90 Å². The maximum atomic E-state index is 12.3. The molecule has 20 heavy (non-hydrogen) atoms. The van der Waals surface area contributed by atoms with Gasteiger partial charge in [-0.1, -0.05) is 26.7 Å². The van der Waals surface area contributed by atoms with Crippen LogP contribution in [-0.2, 0) is 9.53 Å². The first-order chi connectivity index (χ1) is 9.48. The van der Waals surface area contributed by atoms with Crippen LogP contribution in [0.2, 0.25) is 0 Å². The van der Waals surface area contributed by atoms with E-state index in [0.29, 0.717) is 18.4 Å². The van der Waals surface area contributed by atoms with E-state index in [-0.39, 0.29) is 5.91 Å². The molecule has 116 valence electrons. The lowest BCUT2D eigenvalue weighted by atomic mass is 9.96. The zero-order valence-corrected chi connectivity index (χ0v) is 12.9. The Morgan fingerprint density at radius 2 is 1.90 bits per heavy atom. The summed E-state index contributed by atoms with van der Waals surface area (Å²) in [5.41, 5.74) is -0.720. The molecule has 0 aromatic heterocycles. The Kier molecular flexibility index (Phi) is 5.44. The van der Waals surface area contributed by atoms with Crippen LogP contribution in [-0.4, -0.2) is 47.3 Å². The molecule has 2 rings (SSSR count). The Hall–Kier alpha value is -0.610. The Balaban J connectivity index is 1.71. The lowest BCUT2D eigenvalue weighted by Gasteiger charge is -2.34. The molecule has 0 atom stereocenters. The molecule has 1 N–H and O–H groups in total. The maximum absolute atomic E-state index is 12.3. The molecule has 4 nitrogen and oxygen atoms in total. The number of aliphatic hydroxyl groups is 1. The van der Waals surface area contributed by atoms with Crippen molar-refractivity contribution in [3.05, 3.63) is 0 Å². The largest absolute Gasteiger partial charge is 0.389 e. The summed E-state index contributed by atoms with van der Waals surface area (Å²) in [6.07, 6.45) is 6.14. The van der Waals surface area contributed by atoms with Crippen LogP contribution in [0.5, 0.6) is 0 Å². The second-order valence-electron chi connectivity index (χ2n) is 6.92. The molecule has 2 fully saturated rings. The van der Waals surface area contributed by atoms with Gasteiger partial charge in [-0.05, 0) is 31.6 Å². The van der Waals surface area contributed by atoms with Crippen LogP contribution in [0, 0.1) is 5.92 Å². The molecule has 0 spiro atoms. The third kappa shape index (κ3) is 4.45. The Morgan fingerprint density at radius 3 is 2.45 bits per heavy atom. The number of piperidine rings is 1. The molecule has 0 aromatic carbocycles. The number of carbonyl (C=O) groups excluding carboxylic acids is 1. The van der Waals surface area contributed by atoms with E-state index in [9.17, 15) is 9.90 Å². The minimum absolute atomic E-state index is 0.122. The number of hydrogen-bond donors (Lipinski definition) is 1. The highest BCUT2D eigenvalue weighted by Gasteiger charge is 2.35. The van der Waals surface area contributed by atoms with Gasteiger partial charge in [0.25, 0.3) is 0 Å². The van der Waals surface area contributed by atoms with Gasteiger partial charge < -0.3 is 14.7 Å². The topological polar surface area (TPSA) is 49.8 Å². The summed E-state index contributed by atoms with van der Waals surface area (Å²) < 4.78 is 5.84. The first-order valence-electron chi connectivity index (χ1n) is 8.10. The van der Waals surface area contributed by atoms with Gasteiger partial charge in [0.2, 0.25) is 5.91 Å². The summed E-state index contributed by atoms with van der Waals surface area (Å²) in [6.45, 7) is 6.66. The molecule has 1 heterocycles. The van der Waals surface area contributed by atoms with Crippen LogP contribution in [0.15, 0.2) is 0 Å². The van der Waals surface area contributed by atoms with Crippen molar-refractivity contribution in [2.45, 2.75) is 70.5 Å². The summed E-state index contributed by atoms with van der Waals surface area (Å²) >= 11 is 0. The second-order valence-corrected chi connectivity index (χ2v) is 6.92. The smallest absolute Gasteiger partial charge is 0.225 e. The van der Waals surface area contributed by atoms with Crippen LogP contribution in [0.4, 0.5) is 0 Å². The monoisotopic (exact) mass is 283 g/mol. The number of amides is 1. The van der Waals surface area contributed by atoms with Crippen LogP contribution in [0.1, 0.15) is 58.8 Å². The quantitative estimate of drug-likeness (QED) is 0.842. The molecule has 0 bridgehead atoms. The minimum atomic E-state index is -0.720. The van der Waals surface area contributed by atoms with Gasteiger partial charge in [0, 0.05) is 19.7 Å². The predicted octanol–water partition coefficient (Wildman–Crippen LogP) is 2.35. The lowest BCUT2D eigenvalue weighted by molar-refractivity contribution is -0.139. The van der Waals surface area contributed by atoms with Crippen molar-refractivity contribution in [3.63, 3.8) is 0 Å². The summed E-state index contributed by atoms with van der Waals surface area (Å²) in [4.78, 5) is 14.2. The zero-order chi connectivity index (χ0) is 14.6. The SMILES string of the molecule is CC(C)COC1CCN(C(=O)CC2(O)CCCC2)CC1. The van der Waals surface area contributed by atoms with E-state index in [4.69, 9.17) is 4.74 Å². The van der Waals surface area contributed by atoms with Crippen LogP contribution in [0.3, 0.4) is 0 Å². The van der Waals surface area contributed by atoms with Crippen molar-refractivity contribution in [1.29, 1.82) is 0 Å². The van der Waals surface area contributed by atoms with Crippen LogP contribution in [0.25, 0.3) is 0 Å². The fraction of sp³-hybridized carbons (Fsp3) is 0.938. The minimum Gasteiger partial charge on any atom is -0.389 e. The van der Waals surface area contributed by atoms with Gasteiger partial charge in [0.15, 0.2) is 0 Å². The molecule has 0 unspecified atom stereocenters. The summed E-state index contributed by atoms with van der Waals surface area (Å²) in [7, 11) is 0. The Labute approximate surface area is 122 Å². The van der Waals surface area contributed by atoms with E-state index < -0.39 is 5.60 Å². The summed E-state index contributed by atoms with van der Waals surface area (Å²) in [6, 6.07) is 0. The van der Waals surface area contributed by atoms with E-state index in [1.165, 1.54) is 0 Å². The van der Waals surface area contributed by atoms with Crippen molar-refractivity contribution >= 4 is 5.91 Å². The lowest BCUT2D eigenvalue weighted by Crippen LogP contribution is -2.44. The first-order valence-corrected chi connectivity index (χ1v) is 8.10. The molecule has 0 aromatic rings. The average Bonchev–Trinajstić information content (AvgIpc) is 2.83. The zero-order valence-electron chi connectivity index (χ0n) is 12.9. The van der Waals surface area contributed by atoms with Gasteiger partial charge in [-0.2, -0.15) is 0 Å². The number of rotatable bonds is 5. The number of ether oxygens (including phenoxy) is 1. The van der Waals surface area contributed by atoms with Crippen molar-refractivity contribution in [1.82, 2.24) is 4.90 Å². The van der Waals surface area contributed by atoms with Gasteiger partial charge in [-0.3, -0.25) is 4.79 Å². The predicted molar refractivity (Wildman–Crippen MR) is 78.4 cm³/mol. The van der Waals surface area contributed by atoms with Crippen molar-refractivity contribution in [3.8, 4) is 0 Å². The van der Waals surface area contributed by atoms with Gasteiger partial charge in [-0.25, -0.2) is 0 Å². The van der Waals surface area contributed by atoms with E-state index >= 15 is 0 Å². The molecule has 1 amide bonds. The van der Waals surface area contributed by atoms with E-state index in [0.717, 1.165) is 58.2 Å². The van der Waals surface area contributed by atoms with E-state index in [2.05, 4.69) is 13.8 Å². The standard InChI is InChI=1S/C16H29NO3/c1-13(2)12-20-14-5-9-17(10-6-14)15(18)11-16(19)7-3-4-8-16/h13-14,19H,3-12H2,1-2H3. The normalized spacial score (nSPS) is 23.5. The number of likely N-dealkylation sites (tertiary alicyclic amines) is 1. The van der Waals surface area contributed by atoms with Crippen molar-refractivity contribution in [2.75, 3.05) is 19.7 Å². The molecular formula is C16H29NO3. The molecule has 1 saturated carbocycles. The fourth-order valence-electron chi connectivity index (χ4n) is 3.20. The molecule has 1 saturated heterocycles. The summed E-state index contributed by atoms with van der Waals surface area (Å²) in [5.74, 6) is 0.683. The number of hydrogen-bond acceptors (Lipinski definition) is 3. The summed E-state index contributed by atoms with van der Waals surface area (Å²) in [5, 5.41) is 10.3. The number of carbonyl (C=O) groups is 1. The van der Waals surface area contributed by atoms with Gasteiger partial charge >= 0.3 is 0 Å². The molecule has 0 radical (unpaired) electrons. The maximum Gasteiger partial charge on any atom is 0.225 e. The van der Waals surface area contributed by atoms with E-state index in [1.54, 1.807) is 0 Å². The average molecular weight is 283 g/mol. The third-order valence-electron chi connectivity index (χ3n) is 4.47. The molecule has 4 heteroatoms. The second kappa shape index (κ2) is 6.90. The third-order valence-corrected chi connectivity index (χ3v) is 4.47. The molecule has 1 aliphatic carbocycles. The first kappa shape index (κ1) is 15.8. The fourth-order valence-corrected chi connectivity index (χ4v) is 3.20. The molecule has 1 aliphatic heterocycles. The molecular weight excluding hydrogens is 254 g/mol.